The van der Waals surface area contributed by atoms with E-state index >= 15 is 0 Å². The molecule has 0 radical (unpaired) electrons. The molecule has 9 heteroatoms. The predicted octanol–water partition coefficient (Wildman–Crippen LogP) is 5.50. The fourth-order valence-corrected chi connectivity index (χ4v) is 6.26. The van der Waals surface area contributed by atoms with E-state index in [2.05, 4.69) is 6.08 Å². The highest BCUT2D eigenvalue weighted by molar-refractivity contribution is 5.66. The summed E-state index contributed by atoms with van der Waals surface area (Å²) in [5.41, 5.74) is 0.997. The van der Waals surface area contributed by atoms with E-state index in [9.17, 15) is 9.90 Å². The minimum Gasteiger partial charge on any atom is -0.481 e. The smallest absolute Gasteiger partial charge is 0.303 e. The molecule has 1 saturated carbocycles. The summed E-state index contributed by atoms with van der Waals surface area (Å²) >= 11 is 0. The molecule has 5 rings (SSSR count). The molecule has 2 N–H and O–H groups in total. The average molecular weight is 587 g/mol. The summed E-state index contributed by atoms with van der Waals surface area (Å²) in [7, 11) is 0. The topological polar surface area (TPSA) is 113 Å². The first kappa shape index (κ1) is 31.2. The van der Waals surface area contributed by atoms with Crippen LogP contribution < -0.4 is 4.74 Å². The molecule has 1 aromatic carbocycles. The van der Waals surface area contributed by atoms with Crippen LogP contribution >= 0.6 is 0 Å². The maximum Gasteiger partial charge on any atom is 0.303 e. The van der Waals surface area contributed by atoms with Crippen LogP contribution in [0.4, 0.5) is 0 Å². The third-order valence-electron chi connectivity index (χ3n) is 8.55. The third kappa shape index (κ3) is 8.88. The van der Waals surface area contributed by atoms with Gasteiger partial charge in [0.15, 0.2) is 12.6 Å². The molecule has 0 spiro atoms. The van der Waals surface area contributed by atoms with Gasteiger partial charge in [-0.05, 0) is 69.8 Å². The number of carboxylic acids is 1. The van der Waals surface area contributed by atoms with Crippen molar-refractivity contribution in [3.63, 3.8) is 0 Å². The number of aliphatic carboxylic acids is 1. The van der Waals surface area contributed by atoms with Crippen LogP contribution in [0.5, 0.6) is 5.75 Å². The Bertz CT molecular complexity index is 1030. The monoisotopic (exact) mass is 586 g/mol. The van der Waals surface area contributed by atoms with Gasteiger partial charge >= 0.3 is 5.97 Å². The van der Waals surface area contributed by atoms with Crippen molar-refractivity contribution in [1.82, 2.24) is 0 Å². The van der Waals surface area contributed by atoms with Gasteiger partial charge in [-0.15, -0.1) is 0 Å². The molecule has 3 heterocycles. The molecule has 3 fully saturated rings. The zero-order valence-corrected chi connectivity index (χ0v) is 24.4. The number of aliphatic hydroxyl groups excluding tert-OH is 1. The zero-order chi connectivity index (χ0) is 29.1. The molecular formula is C33H46O9. The fraction of sp³-hybridized carbons (Fsp3) is 0.667. The first-order valence-electron chi connectivity index (χ1n) is 15.7. The number of fused-ring (bicyclic) bond motifs is 1. The molecule has 0 bridgehead atoms. The number of ether oxygens (including phenoxy) is 6. The highest BCUT2D eigenvalue weighted by atomic mass is 16.7. The molecule has 3 aliphatic heterocycles. The van der Waals surface area contributed by atoms with E-state index in [1.165, 1.54) is 0 Å². The lowest BCUT2D eigenvalue weighted by Gasteiger charge is -2.34. The van der Waals surface area contributed by atoms with Crippen molar-refractivity contribution in [2.45, 2.75) is 114 Å². The summed E-state index contributed by atoms with van der Waals surface area (Å²) in [5, 5.41) is 20.2. The van der Waals surface area contributed by atoms with Gasteiger partial charge in [0.2, 0.25) is 6.29 Å². The Morgan fingerprint density at radius 3 is 2.57 bits per heavy atom. The Morgan fingerprint density at radius 1 is 1.02 bits per heavy atom. The maximum atomic E-state index is 11.2. The fourth-order valence-electron chi connectivity index (χ4n) is 6.26. The molecule has 9 nitrogen and oxygen atoms in total. The number of hydrogen-bond donors (Lipinski definition) is 2. The molecule has 0 aromatic heterocycles. The van der Waals surface area contributed by atoms with Gasteiger partial charge in [-0.2, -0.15) is 0 Å². The van der Waals surface area contributed by atoms with Gasteiger partial charge in [0, 0.05) is 37.5 Å². The van der Waals surface area contributed by atoms with E-state index in [0.29, 0.717) is 45.5 Å². The highest BCUT2D eigenvalue weighted by Gasteiger charge is 2.43. The van der Waals surface area contributed by atoms with E-state index in [1.54, 1.807) is 0 Å². The third-order valence-corrected chi connectivity index (χ3v) is 8.55. The van der Waals surface area contributed by atoms with Crippen LogP contribution in [0.1, 0.15) is 76.2 Å². The molecule has 232 valence electrons. The van der Waals surface area contributed by atoms with Crippen LogP contribution in [0, 0.1) is 11.8 Å². The second kappa shape index (κ2) is 16.0. The Labute approximate surface area is 248 Å². The molecule has 4 aliphatic rings. The lowest BCUT2D eigenvalue weighted by molar-refractivity contribution is -0.236. The number of allylic oxidation sites excluding steroid dienone is 2. The second-order valence-corrected chi connectivity index (χ2v) is 11.7. The molecule has 1 aliphatic carbocycles. The second-order valence-electron chi connectivity index (χ2n) is 11.7. The van der Waals surface area contributed by atoms with Crippen LogP contribution in [-0.2, 0) is 35.1 Å². The van der Waals surface area contributed by atoms with Crippen LogP contribution in [0.2, 0.25) is 0 Å². The zero-order valence-electron chi connectivity index (χ0n) is 24.4. The maximum absolute atomic E-state index is 11.2. The van der Waals surface area contributed by atoms with E-state index in [-0.39, 0.29) is 36.9 Å². The van der Waals surface area contributed by atoms with Crippen LogP contribution in [0.3, 0.4) is 0 Å². The number of carbonyl (C=O) groups is 1. The first-order valence-corrected chi connectivity index (χ1v) is 15.7. The molecule has 3 unspecified atom stereocenters. The van der Waals surface area contributed by atoms with E-state index < -0.39 is 24.5 Å². The Hall–Kier alpha value is -2.27. The van der Waals surface area contributed by atoms with Crippen molar-refractivity contribution in [2.24, 2.45) is 11.8 Å². The van der Waals surface area contributed by atoms with E-state index in [1.807, 2.05) is 42.5 Å². The quantitative estimate of drug-likeness (QED) is 0.229. The summed E-state index contributed by atoms with van der Waals surface area (Å²) < 4.78 is 36.9. The number of rotatable bonds is 13. The van der Waals surface area contributed by atoms with E-state index in [0.717, 1.165) is 49.8 Å². The Balaban J connectivity index is 1.30. The number of carboxylic acid groups (broad SMARTS) is 1. The van der Waals surface area contributed by atoms with Crippen LogP contribution in [0.25, 0.3) is 0 Å². The molecule has 42 heavy (non-hydrogen) atoms. The lowest BCUT2D eigenvalue weighted by atomic mass is 9.89. The van der Waals surface area contributed by atoms with E-state index in [4.69, 9.17) is 33.5 Å². The van der Waals surface area contributed by atoms with Crippen molar-refractivity contribution in [3.05, 3.63) is 54.1 Å². The van der Waals surface area contributed by atoms with Gasteiger partial charge in [0.05, 0.1) is 18.8 Å². The molecule has 0 amide bonds. The average Bonchev–Trinajstić information content (AvgIpc) is 3.30. The summed E-state index contributed by atoms with van der Waals surface area (Å²) in [5.74, 6) is -0.138. The summed E-state index contributed by atoms with van der Waals surface area (Å²) in [6.07, 6.45) is 14.2. The SMILES string of the molecule is O=C(O)CCCC=CC[C@@H]1[C@@H](C=C[C@@H](OC2CCCCO2)C2OCc3ccccc3O2)[C@H](O)C[C@@H]1OC1CCCCO1. The molecule has 1 aromatic rings. The van der Waals surface area contributed by atoms with Gasteiger partial charge in [-0.3, -0.25) is 4.79 Å². The number of para-hydroxylation sites is 1. The first-order chi connectivity index (χ1) is 20.6. The standard InChI is InChI=1S/C33H46O9/c34-26-21-29(41-32-16-8-10-20-38-32)25(12-3-1-2-4-14-30(35)36)24(26)17-18-28(40-31-15-7-9-19-37-31)33-39-22-23-11-5-6-13-27(23)42-33/h1,3,5-6,11,13,17-18,24-26,28-29,31-34H,2,4,7-10,12,14-16,19-22H2,(H,35,36)/t24-,25-,26-,28-,29+,31?,32?,33?/m1/s1. The van der Waals surface area contributed by atoms with Gasteiger partial charge in [0.25, 0.3) is 0 Å². The van der Waals surface area contributed by atoms with Crippen molar-refractivity contribution < 1.29 is 43.4 Å². The summed E-state index contributed by atoms with van der Waals surface area (Å²) in [6.45, 7) is 1.80. The summed E-state index contributed by atoms with van der Waals surface area (Å²) in [6, 6.07) is 7.85. The predicted molar refractivity (Wildman–Crippen MR) is 155 cm³/mol. The molecule has 2 saturated heterocycles. The van der Waals surface area contributed by atoms with Gasteiger partial charge in [-0.25, -0.2) is 0 Å². The van der Waals surface area contributed by atoms with Crippen LogP contribution in [-0.4, -0.2) is 66.6 Å². The number of hydrogen-bond acceptors (Lipinski definition) is 8. The van der Waals surface area contributed by atoms with Gasteiger partial charge in [0.1, 0.15) is 11.9 Å². The number of unbranched alkanes of at least 4 members (excludes halogenated alkanes) is 1. The number of aliphatic hydroxyl groups is 1. The van der Waals surface area contributed by atoms with Crippen molar-refractivity contribution in [3.8, 4) is 5.75 Å². The van der Waals surface area contributed by atoms with Gasteiger partial charge < -0.3 is 38.6 Å². The minimum atomic E-state index is -0.779. The summed E-state index contributed by atoms with van der Waals surface area (Å²) in [4.78, 5) is 10.9. The number of benzene rings is 1. The minimum absolute atomic E-state index is 0.0259. The molecular weight excluding hydrogens is 540 g/mol. The van der Waals surface area contributed by atoms with Gasteiger partial charge in [-0.1, -0.05) is 42.5 Å². The lowest BCUT2D eigenvalue weighted by Crippen LogP contribution is -2.41. The van der Waals surface area contributed by atoms with Crippen molar-refractivity contribution >= 4 is 5.97 Å². The Kier molecular flexibility index (Phi) is 11.9. The Morgan fingerprint density at radius 2 is 1.81 bits per heavy atom. The highest BCUT2D eigenvalue weighted by Crippen LogP contribution is 2.40. The normalized spacial score (nSPS) is 32.5. The van der Waals surface area contributed by atoms with Crippen LogP contribution in [0.15, 0.2) is 48.6 Å². The molecule has 8 atom stereocenters. The van der Waals surface area contributed by atoms with Crippen molar-refractivity contribution in [2.75, 3.05) is 13.2 Å². The largest absolute Gasteiger partial charge is 0.481 e. The van der Waals surface area contributed by atoms with Crippen molar-refractivity contribution in [1.29, 1.82) is 0 Å².